The predicted molar refractivity (Wildman–Crippen MR) is 80.2 cm³/mol. The number of halogens is 3. The minimum Gasteiger partial charge on any atom is -0.394 e. The van der Waals surface area contributed by atoms with Crippen molar-refractivity contribution in [1.29, 1.82) is 0 Å². The smallest absolute Gasteiger partial charge is 0.394 e. The van der Waals surface area contributed by atoms with E-state index in [1.807, 2.05) is 0 Å². The molecule has 4 atom stereocenters. The molecule has 2 aliphatic rings. The van der Waals surface area contributed by atoms with Crippen LogP contribution in [0.4, 0.5) is 13.2 Å². The van der Waals surface area contributed by atoms with Gasteiger partial charge in [0.25, 0.3) is 0 Å². The highest BCUT2D eigenvalue weighted by molar-refractivity contribution is 5.79. The third-order valence-electron chi connectivity index (χ3n) is 4.45. The van der Waals surface area contributed by atoms with Gasteiger partial charge in [-0.15, -0.1) is 0 Å². The lowest BCUT2D eigenvalue weighted by atomic mass is 10.1. The van der Waals surface area contributed by atoms with Crippen LogP contribution in [0.3, 0.4) is 0 Å². The maximum absolute atomic E-state index is 13.2. The topological polar surface area (TPSA) is 98.6 Å². The third-order valence-corrected chi connectivity index (χ3v) is 4.45. The number of hydrogen-bond donors (Lipinski definition) is 2. The number of H-pyrrole nitrogens is 1. The van der Waals surface area contributed by atoms with E-state index < -0.39 is 47.6 Å². The highest BCUT2D eigenvalue weighted by atomic mass is 19.4. The van der Waals surface area contributed by atoms with E-state index in [-0.39, 0.29) is 17.6 Å². The number of alkyl halides is 3. The highest BCUT2D eigenvalue weighted by Crippen LogP contribution is 2.43. The van der Waals surface area contributed by atoms with Crippen LogP contribution in [-0.4, -0.2) is 50.6 Å². The summed E-state index contributed by atoms with van der Waals surface area (Å²) in [4.78, 5) is 14.1. The molecule has 0 unspecified atom stereocenters. The van der Waals surface area contributed by atoms with Gasteiger partial charge < -0.3 is 24.3 Å². The molecular formula is C15H16F3N3O5. The second-order valence-corrected chi connectivity index (χ2v) is 6.71. The van der Waals surface area contributed by atoms with Gasteiger partial charge in [0.15, 0.2) is 12.0 Å². The SMILES string of the molecule is CC1(C)O[C@@H]2[C@H](O1)[C@@H](CO)O[C@H]2n1ncc2c(C(F)(F)F)cc(=O)[nH]c21. The van der Waals surface area contributed by atoms with E-state index in [1.54, 1.807) is 13.8 Å². The number of aliphatic hydroxyl groups excluding tert-OH is 1. The molecule has 8 nitrogen and oxygen atoms in total. The monoisotopic (exact) mass is 375 g/mol. The number of hydrogen-bond acceptors (Lipinski definition) is 6. The van der Waals surface area contributed by atoms with E-state index in [0.717, 1.165) is 10.9 Å². The predicted octanol–water partition coefficient (Wildman–Crippen LogP) is 1.15. The molecule has 0 spiro atoms. The first-order chi connectivity index (χ1) is 12.1. The van der Waals surface area contributed by atoms with E-state index in [1.165, 1.54) is 0 Å². The van der Waals surface area contributed by atoms with Crippen molar-refractivity contribution >= 4 is 11.0 Å². The van der Waals surface area contributed by atoms with Crippen molar-refractivity contribution in [1.82, 2.24) is 14.8 Å². The van der Waals surface area contributed by atoms with Gasteiger partial charge in [0, 0.05) is 11.5 Å². The van der Waals surface area contributed by atoms with Gasteiger partial charge in [0.2, 0.25) is 5.56 Å². The zero-order valence-electron chi connectivity index (χ0n) is 13.8. The molecule has 0 bridgehead atoms. The minimum atomic E-state index is -4.71. The molecule has 142 valence electrons. The van der Waals surface area contributed by atoms with Crippen LogP contribution in [0.5, 0.6) is 0 Å². The fraction of sp³-hybridized carbons (Fsp3) is 0.600. The first kappa shape index (κ1) is 17.5. The maximum atomic E-state index is 13.2. The summed E-state index contributed by atoms with van der Waals surface area (Å²) in [6, 6.07) is 0.488. The summed E-state index contributed by atoms with van der Waals surface area (Å²) in [5, 5.41) is 13.2. The zero-order chi connectivity index (χ0) is 18.9. The van der Waals surface area contributed by atoms with Crippen LogP contribution in [0.15, 0.2) is 17.1 Å². The molecule has 2 saturated heterocycles. The van der Waals surface area contributed by atoms with Gasteiger partial charge in [-0.05, 0) is 13.8 Å². The highest BCUT2D eigenvalue weighted by Gasteiger charge is 2.56. The Morgan fingerprint density at radius 1 is 1.35 bits per heavy atom. The molecule has 2 aliphatic heterocycles. The molecule has 0 aliphatic carbocycles. The minimum absolute atomic E-state index is 0.138. The molecule has 0 aromatic carbocycles. The molecule has 4 rings (SSSR count). The number of nitrogens with zero attached hydrogens (tertiary/aromatic N) is 2. The summed E-state index contributed by atoms with van der Waals surface area (Å²) < 4.78 is 58.0. The van der Waals surface area contributed by atoms with Crippen LogP contribution in [-0.2, 0) is 20.4 Å². The standard InChI is InChI=1S/C15H16F3N3O5/c1-14(2)25-10-8(5-22)24-13(11(10)26-14)21-12-6(4-19-21)7(15(16,17)18)3-9(23)20-12/h3-4,8,10-11,13,22H,5H2,1-2H3,(H,20,23)/t8-,10-,11-,13-/m1/s1. The van der Waals surface area contributed by atoms with E-state index in [4.69, 9.17) is 14.2 Å². The number of aliphatic hydroxyl groups is 1. The van der Waals surface area contributed by atoms with Crippen molar-refractivity contribution in [2.75, 3.05) is 6.61 Å². The average molecular weight is 375 g/mol. The summed E-state index contributed by atoms with van der Waals surface area (Å²) in [5.41, 5.74) is -2.14. The van der Waals surface area contributed by atoms with Gasteiger partial charge in [0.05, 0.1) is 18.4 Å². The Hall–Kier alpha value is -1.95. The lowest BCUT2D eigenvalue weighted by Gasteiger charge is -2.23. The summed E-state index contributed by atoms with van der Waals surface area (Å²) in [7, 11) is 0. The largest absolute Gasteiger partial charge is 0.417 e. The Morgan fingerprint density at radius 2 is 2.04 bits per heavy atom. The molecule has 11 heteroatoms. The van der Waals surface area contributed by atoms with Crippen molar-refractivity contribution in [2.45, 2.75) is 50.4 Å². The molecule has 4 heterocycles. The molecule has 0 saturated carbocycles. The van der Waals surface area contributed by atoms with Crippen LogP contribution < -0.4 is 5.56 Å². The van der Waals surface area contributed by atoms with E-state index in [0.29, 0.717) is 6.07 Å². The van der Waals surface area contributed by atoms with Gasteiger partial charge in [-0.25, -0.2) is 4.68 Å². The van der Waals surface area contributed by atoms with Crippen LogP contribution in [0.2, 0.25) is 0 Å². The first-order valence-electron chi connectivity index (χ1n) is 7.90. The van der Waals surface area contributed by atoms with Crippen molar-refractivity contribution in [3.8, 4) is 0 Å². The Balaban J connectivity index is 1.83. The van der Waals surface area contributed by atoms with Crippen molar-refractivity contribution < 1.29 is 32.5 Å². The number of aromatic nitrogens is 3. The second kappa shape index (κ2) is 5.52. The molecule has 26 heavy (non-hydrogen) atoms. The fourth-order valence-electron chi connectivity index (χ4n) is 3.48. The average Bonchev–Trinajstić information content (AvgIpc) is 3.15. The van der Waals surface area contributed by atoms with Crippen LogP contribution in [0.1, 0.15) is 25.6 Å². The quantitative estimate of drug-likeness (QED) is 0.817. The summed E-state index contributed by atoms with van der Waals surface area (Å²) >= 11 is 0. The first-order valence-corrected chi connectivity index (χ1v) is 7.90. The van der Waals surface area contributed by atoms with Gasteiger partial charge >= 0.3 is 6.18 Å². The Labute approximate surface area is 144 Å². The molecule has 2 aromatic heterocycles. The van der Waals surface area contributed by atoms with Gasteiger partial charge in [-0.2, -0.15) is 18.3 Å². The van der Waals surface area contributed by atoms with Crippen molar-refractivity contribution in [2.24, 2.45) is 0 Å². The van der Waals surface area contributed by atoms with Crippen LogP contribution in [0.25, 0.3) is 11.0 Å². The molecule has 2 fully saturated rings. The zero-order valence-corrected chi connectivity index (χ0v) is 13.8. The summed E-state index contributed by atoms with van der Waals surface area (Å²) in [5.74, 6) is -0.946. The summed E-state index contributed by atoms with van der Waals surface area (Å²) in [6.07, 6.45) is -6.71. The summed E-state index contributed by atoms with van der Waals surface area (Å²) in [6.45, 7) is 3.00. The molecule has 2 N–H and O–H groups in total. The van der Waals surface area contributed by atoms with Gasteiger partial charge in [0.1, 0.15) is 24.0 Å². The Morgan fingerprint density at radius 3 is 2.69 bits per heavy atom. The molecule has 0 amide bonds. The van der Waals surface area contributed by atoms with E-state index in [9.17, 15) is 23.1 Å². The van der Waals surface area contributed by atoms with Gasteiger partial charge in [-0.1, -0.05) is 0 Å². The van der Waals surface area contributed by atoms with Crippen LogP contribution >= 0.6 is 0 Å². The Bertz CT molecular complexity index is 906. The number of pyridine rings is 1. The number of aromatic amines is 1. The normalized spacial score (nSPS) is 30.8. The lowest BCUT2D eigenvalue weighted by molar-refractivity contribution is -0.201. The number of fused-ring (bicyclic) bond motifs is 2. The third kappa shape index (κ3) is 2.62. The Kier molecular flexibility index (Phi) is 3.71. The van der Waals surface area contributed by atoms with Gasteiger partial charge in [-0.3, -0.25) is 4.79 Å². The fourth-order valence-corrected chi connectivity index (χ4v) is 3.48. The van der Waals surface area contributed by atoms with E-state index >= 15 is 0 Å². The van der Waals surface area contributed by atoms with E-state index in [2.05, 4.69) is 10.1 Å². The number of ether oxygens (including phenoxy) is 3. The van der Waals surface area contributed by atoms with Crippen molar-refractivity contribution in [3.05, 3.63) is 28.2 Å². The number of rotatable bonds is 2. The molecular weight excluding hydrogens is 359 g/mol. The molecule has 2 aromatic rings. The second-order valence-electron chi connectivity index (χ2n) is 6.71. The number of nitrogens with one attached hydrogen (secondary N) is 1. The van der Waals surface area contributed by atoms with Crippen molar-refractivity contribution in [3.63, 3.8) is 0 Å². The van der Waals surface area contributed by atoms with Crippen LogP contribution in [0, 0.1) is 0 Å². The maximum Gasteiger partial charge on any atom is 0.417 e. The lowest BCUT2D eigenvalue weighted by Crippen LogP contribution is -2.31. The molecule has 0 radical (unpaired) electrons.